The minimum Gasteiger partial charge on any atom is -0.454 e. The normalized spacial score (nSPS) is 31.2. The molecule has 1 N–H and O–H groups in total. The number of ether oxygens (including phenoxy) is 2. The van der Waals surface area contributed by atoms with Crippen LogP contribution in [0.3, 0.4) is 0 Å². The average Bonchev–Trinajstić information content (AvgIpc) is 2.73. The molecule has 17 heavy (non-hydrogen) atoms. The third-order valence-electron chi connectivity index (χ3n) is 2.19. The summed E-state index contributed by atoms with van der Waals surface area (Å²) in [5.74, 6) is 0.153. The Hall–Kier alpha value is -1.48. The van der Waals surface area contributed by atoms with Gasteiger partial charge in [-0.2, -0.15) is 0 Å². The maximum Gasteiger partial charge on any atom is 0.231 e. The summed E-state index contributed by atoms with van der Waals surface area (Å²) in [6.45, 7) is -12.9. The van der Waals surface area contributed by atoms with Crippen molar-refractivity contribution in [2.75, 3.05) is 6.75 Å². The Bertz CT molecular complexity index is 725. The van der Waals surface area contributed by atoms with Gasteiger partial charge in [0.1, 0.15) is 2.74 Å². The summed E-state index contributed by atoms with van der Waals surface area (Å²) in [6, 6.07) is 4.08. The summed E-state index contributed by atoms with van der Waals surface area (Å²) in [7, 11) is 0. The molecule has 3 nitrogen and oxygen atoms in total. The highest BCUT2D eigenvalue weighted by Gasteiger charge is 2.19. The predicted octanol–water partition coefficient (Wildman–Crippen LogP) is 2.84. The molecular weight excluding hydrogens is 216 g/mol. The Kier molecular flexibility index (Phi) is 1.12. The molecule has 1 atom stereocenters. The third kappa shape index (κ3) is 2.80. The van der Waals surface area contributed by atoms with Crippen LogP contribution in [-0.4, -0.2) is 18.0 Å². The molecule has 0 radical (unpaired) electrons. The van der Waals surface area contributed by atoms with Crippen LogP contribution in [0.5, 0.6) is 11.5 Å². The molecule has 1 aliphatic heterocycles. The molecule has 0 bridgehead atoms. The second-order valence-corrected chi connectivity index (χ2v) is 3.61. The zero-order valence-electron chi connectivity index (χ0n) is 19.7. The van der Waals surface area contributed by atoms with E-state index in [1.165, 1.54) is 18.2 Å². The molecule has 1 aliphatic rings. The van der Waals surface area contributed by atoms with Crippen molar-refractivity contribution in [3.05, 3.63) is 29.8 Å². The van der Waals surface area contributed by atoms with E-state index in [9.17, 15) is 5.11 Å². The van der Waals surface area contributed by atoms with E-state index in [1.54, 1.807) is 0 Å². The molecule has 2 rings (SSSR count). The molecule has 0 aliphatic carbocycles. The summed E-state index contributed by atoms with van der Waals surface area (Å²) >= 11 is 0. The summed E-state index contributed by atoms with van der Waals surface area (Å²) < 4.78 is 92.5. The molecule has 92 valence electrons. The zero-order chi connectivity index (χ0) is 21.8. The topological polar surface area (TPSA) is 38.7 Å². The van der Waals surface area contributed by atoms with Gasteiger partial charge in [-0.15, -0.1) is 0 Å². The molecule has 1 aromatic carbocycles. The Morgan fingerprint density at radius 2 is 2.18 bits per heavy atom. The van der Waals surface area contributed by atoms with Gasteiger partial charge in [0.2, 0.25) is 6.75 Å². The Morgan fingerprint density at radius 1 is 1.41 bits per heavy atom. The maximum absolute atomic E-state index is 10.4. The molecule has 1 unspecified atom stereocenters. The largest absolute Gasteiger partial charge is 0.454 e. The van der Waals surface area contributed by atoms with Gasteiger partial charge >= 0.3 is 0 Å². The molecular formula is C14H18O3. The van der Waals surface area contributed by atoms with E-state index in [0.717, 1.165) is 12.2 Å². The molecule has 1 aromatic rings. The van der Waals surface area contributed by atoms with Gasteiger partial charge in [0.15, 0.2) is 11.5 Å². The fourth-order valence-electron chi connectivity index (χ4n) is 1.25. The standard InChI is InChI=1S/C14H18O3/c1-14(2,3)13(15)7-5-10-4-6-11-12(8-10)17-9-16-11/h4-8,13,15H,9H2,1-3H3/b7-5+/i1D3,2D3,3D3,9D2. The fourth-order valence-corrected chi connectivity index (χ4v) is 1.25. The van der Waals surface area contributed by atoms with Crippen LogP contribution < -0.4 is 9.47 Å². The van der Waals surface area contributed by atoms with E-state index >= 15 is 0 Å². The summed E-state index contributed by atoms with van der Waals surface area (Å²) in [5.41, 5.74) is -3.13. The second kappa shape index (κ2) is 4.41. The van der Waals surface area contributed by atoms with Crippen LogP contribution >= 0.6 is 0 Å². The maximum atomic E-state index is 10.4. The van der Waals surface area contributed by atoms with Crippen LogP contribution in [0.25, 0.3) is 6.08 Å². The van der Waals surface area contributed by atoms with Gasteiger partial charge in [-0.05, 0) is 23.1 Å². The smallest absolute Gasteiger partial charge is 0.231 e. The molecule has 0 spiro atoms. The van der Waals surface area contributed by atoms with Gasteiger partial charge in [0, 0.05) is 12.3 Å². The number of fused-ring (bicyclic) bond motifs is 1. The fraction of sp³-hybridized carbons (Fsp3) is 0.429. The van der Waals surface area contributed by atoms with Crippen LogP contribution in [0, 0.1) is 5.41 Å². The second-order valence-electron chi connectivity index (χ2n) is 3.61. The van der Waals surface area contributed by atoms with Crippen molar-refractivity contribution in [2.24, 2.45) is 5.41 Å². The number of rotatable bonds is 2. The van der Waals surface area contributed by atoms with Crippen molar-refractivity contribution in [3.8, 4) is 11.5 Å². The highest BCUT2D eigenvalue weighted by molar-refractivity contribution is 5.56. The first-order valence-corrected chi connectivity index (χ1v) is 4.81. The van der Waals surface area contributed by atoms with Crippen molar-refractivity contribution in [1.29, 1.82) is 0 Å². The third-order valence-corrected chi connectivity index (χ3v) is 2.19. The quantitative estimate of drug-likeness (QED) is 0.870. The highest BCUT2D eigenvalue weighted by atomic mass is 16.7. The number of hydrogen-bond acceptors (Lipinski definition) is 3. The van der Waals surface area contributed by atoms with Crippen LogP contribution in [0.2, 0.25) is 0 Å². The number of aliphatic hydroxyl groups excluding tert-OH is 1. The monoisotopic (exact) mass is 245 g/mol. The lowest BCUT2D eigenvalue weighted by Gasteiger charge is -2.22. The minimum atomic E-state index is -3.53. The van der Waals surface area contributed by atoms with Crippen molar-refractivity contribution < 1.29 is 29.7 Å². The highest BCUT2D eigenvalue weighted by Crippen LogP contribution is 2.33. The molecule has 1 heterocycles. The van der Waals surface area contributed by atoms with Crippen molar-refractivity contribution >= 4 is 6.08 Å². The number of aliphatic hydroxyl groups is 1. The van der Waals surface area contributed by atoms with Gasteiger partial charge < -0.3 is 14.6 Å². The average molecular weight is 245 g/mol. The van der Waals surface area contributed by atoms with E-state index in [1.807, 2.05) is 0 Å². The Balaban J connectivity index is 2.44. The van der Waals surface area contributed by atoms with Crippen LogP contribution in [0.4, 0.5) is 0 Å². The van der Waals surface area contributed by atoms with Gasteiger partial charge in [-0.1, -0.05) is 38.8 Å². The lowest BCUT2D eigenvalue weighted by Crippen LogP contribution is -2.23. The van der Waals surface area contributed by atoms with Crippen LogP contribution in [0.15, 0.2) is 24.3 Å². The summed E-state index contributed by atoms with van der Waals surface area (Å²) in [4.78, 5) is 0. The van der Waals surface area contributed by atoms with Gasteiger partial charge in [0.05, 0.1) is 6.10 Å². The first-order chi connectivity index (χ1) is 12.4. The SMILES string of the molecule is [2H]C1([2H])Oc2ccc(/C=C/C(O)C(C([2H])([2H])[2H])(C([2H])([2H])[2H])C([2H])([2H])[2H])cc2O1. The molecule has 0 aromatic heterocycles. The van der Waals surface area contributed by atoms with E-state index < -0.39 is 38.8 Å². The Labute approximate surface area is 117 Å². The van der Waals surface area contributed by atoms with E-state index in [2.05, 4.69) is 0 Å². The van der Waals surface area contributed by atoms with E-state index in [-0.39, 0.29) is 17.1 Å². The van der Waals surface area contributed by atoms with Crippen molar-refractivity contribution in [3.63, 3.8) is 0 Å². The molecule has 0 saturated carbocycles. The van der Waals surface area contributed by atoms with Crippen molar-refractivity contribution in [1.82, 2.24) is 0 Å². The lowest BCUT2D eigenvalue weighted by molar-refractivity contribution is 0.106. The molecule has 0 amide bonds. The number of benzene rings is 1. The first-order valence-electron chi connectivity index (χ1n) is 10.3. The van der Waals surface area contributed by atoms with Gasteiger partial charge in [0.25, 0.3) is 0 Å². The first kappa shape index (κ1) is 4.32. The van der Waals surface area contributed by atoms with Crippen LogP contribution in [-0.2, 0) is 0 Å². The Morgan fingerprint density at radius 3 is 2.94 bits per heavy atom. The number of hydrogen-bond donors (Lipinski definition) is 1. The summed E-state index contributed by atoms with van der Waals surface area (Å²) in [6.07, 6.45) is -0.464. The van der Waals surface area contributed by atoms with E-state index in [4.69, 9.17) is 24.6 Å². The van der Waals surface area contributed by atoms with Crippen molar-refractivity contribution in [2.45, 2.75) is 26.7 Å². The summed E-state index contributed by atoms with van der Waals surface area (Å²) in [5, 5.41) is 10.4. The molecule has 0 saturated heterocycles. The van der Waals surface area contributed by atoms with Gasteiger partial charge in [-0.3, -0.25) is 0 Å². The minimum absolute atomic E-state index is 0.0374. The predicted molar refractivity (Wildman–Crippen MR) is 67.1 cm³/mol. The molecule has 3 heteroatoms. The molecule has 0 fully saturated rings. The van der Waals surface area contributed by atoms with E-state index in [0.29, 0.717) is 0 Å². The van der Waals surface area contributed by atoms with Gasteiger partial charge in [-0.25, -0.2) is 0 Å². The zero-order valence-corrected chi connectivity index (χ0v) is 8.73. The lowest BCUT2D eigenvalue weighted by atomic mass is 9.89. The van der Waals surface area contributed by atoms with Crippen LogP contribution in [0.1, 0.15) is 41.2 Å².